The van der Waals surface area contributed by atoms with Gasteiger partial charge in [-0.1, -0.05) is 0 Å². The van der Waals surface area contributed by atoms with Gasteiger partial charge in [-0.3, -0.25) is 4.68 Å². The Balaban J connectivity index is 2.27. The fraction of sp³-hybridized carbons (Fsp3) is 0.308. The second kappa shape index (κ2) is 5.17. The lowest BCUT2D eigenvalue weighted by molar-refractivity contribution is 0.402. The van der Waals surface area contributed by atoms with E-state index in [1.165, 1.54) is 25.4 Å². The Morgan fingerprint density at radius 2 is 2.05 bits per heavy atom. The van der Waals surface area contributed by atoms with Crippen molar-refractivity contribution in [3.05, 3.63) is 30.3 Å². The molecule has 2 rings (SSSR count). The lowest BCUT2D eigenvalue weighted by Gasteiger charge is -2.09. The van der Waals surface area contributed by atoms with E-state index in [2.05, 4.69) is 5.10 Å². The van der Waals surface area contributed by atoms with Gasteiger partial charge in [0.25, 0.3) is 0 Å². The molecule has 0 aliphatic rings. The summed E-state index contributed by atoms with van der Waals surface area (Å²) in [4.78, 5) is 0. The lowest BCUT2D eigenvalue weighted by Crippen LogP contribution is -1.99. The predicted molar refractivity (Wildman–Crippen MR) is 70.1 cm³/mol. The highest BCUT2D eigenvalue weighted by atomic mass is 19.1. The van der Waals surface area contributed by atoms with E-state index in [0.29, 0.717) is 11.5 Å². The monoisotopic (exact) mass is 265 g/mol. The molecule has 0 fully saturated rings. The van der Waals surface area contributed by atoms with Crippen molar-refractivity contribution in [1.82, 2.24) is 9.78 Å². The van der Waals surface area contributed by atoms with Crippen LogP contribution in [0, 0.1) is 5.82 Å². The number of hydrogen-bond donors (Lipinski definition) is 1. The first kappa shape index (κ1) is 13.2. The van der Waals surface area contributed by atoms with Crippen LogP contribution in [-0.2, 0) is 0 Å². The number of nitrogen functional groups attached to an aromatic ring is 1. The Labute approximate surface area is 110 Å². The molecule has 19 heavy (non-hydrogen) atoms. The Bertz CT molecular complexity index is 581. The Kier molecular flexibility index (Phi) is 3.59. The van der Waals surface area contributed by atoms with Crippen molar-refractivity contribution in [3.8, 4) is 17.2 Å². The lowest BCUT2D eigenvalue weighted by atomic mass is 10.2. The second-order valence-electron chi connectivity index (χ2n) is 4.38. The third-order valence-corrected chi connectivity index (χ3v) is 2.62. The van der Waals surface area contributed by atoms with E-state index in [1.807, 2.05) is 13.8 Å². The van der Waals surface area contributed by atoms with Crippen LogP contribution in [0.1, 0.15) is 19.9 Å². The van der Waals surface area contributed by atoms with Gasteiger partial charge in [0, 0.05) is 18.2 Å². The third-order valence-electron chi connectivity index (χ3n) is 2.62. The van der Waals surface area contributed by atoms with Gasteiger partial charge in [-0.2, -0.15) is 5.10 Å². The highest BCUT2D eigenvalue weighted by Gasteiger charge is 2.12. The summed E-state index contributed by atoms with van der Waals surface area (Å²) in [6.45, 7) is 3.98. The molecule has 2 aromatic rings. The molecule has 0 bridgehead atoms. The Morgan fingerprint density at radius 1 is 1.32 bits per heavy atom. The van der Waals surface area contributed by atoms with Gasteiger partial charge in [0.1, 0.15) is 5.75 Å². The summed E-state index contributed by atoms with van der Waals surface area (Å²) >= 11 is 0. The number of benzene rings is 1. The summed E-state index contributed by atoms with van der Waals surface area (Å²) in [5.74, 6) is 0.331. The van der Waals surface area contributed by atoms with E-state index >= 15 is 0 Å². The molecule has 0 saturated heterocycles. The van der Waals surface area contributed by atoms with Crippen molar-refractivity contribution >= 4 is 5.69 Å². The zero-order chi connectivity index (χ0) is 14.0. The van der Waals surface area contributed by atoms with E-state index in [1.54, 1.807) is 10.9 Å². The largest absolute Gasteiger partial charge is 0.494 e. The number of rotatable bonds is 4. The molecule has 0 saturated carbocycles. The molecule has 0 spiro atoms. The number of ether oxygens (including phenoxy) is 2. The van der Waals surface area contributed by atoms with Gasteiger partial charge in [-0.05, 0) is 13.8 Å². The molecule has 0 atom stereocenters. The maximum absolute atomic E-state index is 13.7. The molecule has 0 unspecified atom stereocenters. The minimum absolute atomic E-state index is 0.0503. The van der Waals surface area contributed by atoms with Crippen LogP contribution >= 0.6 is 0 Å². The minimum atomic E-state index is -0.546. The van der Waals surface area contributed by atoms with E-state index < -0.39 is 5.82 Å². The highest BCUT2D eigenvalue weighted by Crippen LogP contribution is 2.32. The number of anilines is 1. The molecule has 0 aliphatic heterocycles. The molecule has 6 heteroatoms. The molecule has 0 radical (unpaired) electrons. The third kappa shape index (κ3) is 2.78. The normalized spacial score (nSPS) is 10.8. The van der Waals surface area contributed by atoms with E-state index in [-0.39, 0.29) is 17.5 Å². The molecule has 1 heterocycles. The van der Waals surface area contributed by atoms with Gasteiger partial charge in [0.15, 0.2) is 17.3 Å². The van der Waals surface area contributed by atoms with Crippen LogP contribution in [0.25, 0.3) is 0 Å². The van der Waals surface area contributed by atoms with Crippen LogP contribution in [0.4, 0.5) is 10.1 Å². The highest BCUT2D eigenvalue weighted by molar-refractivity contribution is 5.56. The van der Waals surface area contributed by atoms with Crippen molar-refractivity contribution in [1.29, 1.82) is 0 Å². The van der Waals surface area contributed by atoms with Crippen LogP contribution in [-0.4, -0.2) is 16.9 Å². The maximum Gasteiger partial charge on any atom is 0.168 e. The molecule has 1 aromatic carbocycles. The smallest absolute Gasteiger partial charge is 0.168 e. The average Bonchev–Trinajstić information content (AvgIpc) is 2.81. The maximum atomic E-state index is 13.7. The van der Waals surface area contributed by atoms with Gasteiger partial charge in [0.2, 0.25) is 0 Å². The number of aromatic nitrogens is 2. The quantitative estimate of drug-likeness (QED) is 0.863. The first-order chi connectivity index (χ1) is 9.01. The molecule has 0 amide bonds. The SMILES string of the molecule is COc1cc(Oc2cnn(C(C)C)c2)c(F)cc1N. The number of nitrogens with two attached hydrogens (primary N) is 1. The average molecular weight is 265 g/mol. The first-order valence-electron chi connectivity index (χ1n) is 5.86. The van der Waals surface area contributed by atoms with Crippen molar-refractivity contribution in [2.45, 2.75) is 19.9 Å². The Morgan fingerprint density at radius 3 is 2.63 bits per heavy atom. The zero-order valence-electron chi connectivity index (χ0n) is 11.1. The van der Waals surface area contributed by atoms with Crippen LogP contribution in [0.15, 0.2) is 24.5 Å². The summed E-state index contributed by atoms with van der Waals surface area (Å²) in [6, 6.07) is 2.79. The molecular weight excluding hydrogens is 249 g/mol. The van der Waals surface area contributed by atoms with Crippen LogP contribution in [0.5, 0.6) is 17.2 Å². The second-order valence-corrected chi connectivity index (χ2v) is 4.38. The number of nitrogens with zero attached hydrogens (tertiary/aromatic N) is 2. The minimum Gasteiger partial charge on any atom is -0.494 e. The first-order valence-corrected chi connectivity index (χ1v) is 5.86. The molecule has 102 valence electrons. The fourth-order valence-corrected chi connectivity index (χ4v) is 1.59. The van der Waals surface area contributed by atoms with Gasteiger partial charge in [-0.15, -0.1) is 0 Å². The van der Waals surface area contributed by atoms with Gasteiger partial charge >= 0.3 is 0 Å². The topological polar surface area (TPSA) is 62.3 Å². The predicted octanol–water partition coefficient (Wildman–Crippen LogP) is 2.99. The van der Waals surface area contributed by atoms with Crippen molar-refractivity contribution in [2.75, 3.05) is 12.8 Å². The summed E-state index contributed by atoms with van der Waals surface area (Å²) in [7, 11) is 1.46. The van der Waals surface area contributed by atoms with E-state index in [9.17, 15) is 4.39 Å². The van der Waals surface area contributed by atoms with Gasteiger partial charge in [0.05, 0.1) is 25.2 Å². The fourth-order valence-electron chi connectivity index (χ4n) is 1.59. The summed E-state index contributed by atoms with van der Waals surface area (Å²) in [5.41, 5.74) is 5.83. The number of hydrogen-bond acceptors (Lipinski definition) is 4. The number of methoxy groups -OCH3 is 1. The standard InChI is InChI=1S/C13H16FN3O2/c1-8(2)17-7-9(6-16-17)19-12-5-13(18-3)11(15)4-10(12)14/h4-8H,15H2,1-3H3. The molecule has 5 nitrogen and oxygen atoms in total. The van der Waals surface area contributed by atoms with Crippen LogP contribution in [0.2, 0.25) is 0 Å². The molecular formula is C13H16FN3O2. The van der Waals surface area contributed by atoms with Crippen molar-refractivity contribution < 1.29 is 13.9 Å². The van der Waals surface area contributed by atoms with Crippen molar-refractivity contribution in [3.63, 3.8) is 0 Å². The summed E-state index contributed by atoms with van der Waals surface area (Å²) in [6.07, 6.45) is 3.23. The molecule has 0 aliphatic carbocycles. The molecule has 2 N–H and O–H groups in total. The van der Waals surface area contributed by atoms with Crippen molar-refractivity contribution in [2.24, 2.45) is 0 Å². The van der Waals surface area contributed by atoms with Crippen LogP contribution in [0.3, 0.4) is 0 Å². The Hall–Kier alpha value is -2.24. The van der Waals surface area contributed by atoms with Gasteiger partial charge in [-0.25, -0.2) is 4.39 Å². The zero-order valence-corrected chi connectivity index (χ0v) is 11.1. The van der Waals surface area contributed by atoms with Crippen LogP contribution < -0.4 is 15.2 Å². The van der Waals surface area contributed by atoms with E-state index in [0.717, 1.165) is 0 Å². The summed E-state index contributed by atoms with van der Waals surface area (Å²) < 4.78 is 25.9. The van der Waals surface area contributed by atoms with Gasteiger partial charge < -0.3 is 15.2 Å². The van der Waals surface area contributed by atoms with E-state index in [4.69, 9.17) is 15.2 Å². The number of halogens is 1. The summed E-state index contributed by atoms with van der Waals surface area (Å²) in [5, 5.41) is 4.11. The molecule has 1 aromatic heterocycles.